The van der Waals surface area contributed by atoms with Crippen molar-refractivity contribution in [2.75, 3.05) is 6.61 Å². The Kier molecular flexibility index (Phi) is 4.97. The molecule has 1 unspecified atom stereocenters. The SMILES string of the molecule is CCOc1ccc(C(O)C(=O)C(C)C)cc1Cl. The van der Waals surface area contributed by atoms with E-state index >= 15 is 0 Å². The van der Waals surface area contributed by atoms with E-state index in [0.29, 0.717) is 22.9 Å². The number of benzene rings is 1. The highest BCUT2D eigenvalue weighted by Crippen LogP contribution is 2.29. The third-order valence-electron chi connectivity index (χ3n) is 2.41. The van der Waals surface area contributed by atoms with Crippen LogP contribution in [0.15, 0.2) is 18.2 Å². The van der Waals surface area contributed by atoms with Crippen LogP contribution in [0.1, 0.15) is 32.4 Å². The van der Waals surface area contributed by atoms with Crippen LogP contribution in [0.5, 0.6) is 5.75 Å². The van der Waals surface area contributed by atoms with Gasteiger partial charge in [0.2, 0.25) is 0 Å². The van der Waals surface area contributed by atoms with Gasteiger partial charge in [-0.15, -0.1) is 0 Å². The van der Waals surface area contributed by atoms with E-state index in [4.69, 9.17) is 16.3 Å². The van der Waals surface area contributed by atoms with Crippen molar-refractivity contribution in [1.29, 1.82) is 0 Å². The average Bonchev–Trinajstić information content (AvgIpc) is 2.30. The van der Waals surface area contributed by atoms with Crippen LogP contribution in [-0.2, 0) is 4.79 Å². The summed E-state index contributed by atoms with van der Waals surface area (Å²) in [6.45, 7) is 5.89. The number of hydrogen-bond acceptors (Lipinski definition) is 3. The molecule has 3 nitrogen and oxygen atoms in total. The Hall–Kier alpha value is -1.06. The van der Waals surface area contributed by atoms with E-state index < -0.39 is 6.10 Å². The van der Waals surface area contributed by atoms with Crippen molar-refractivity contribution in [2.24, 2.45) is 5.92 Å². The number of ketones is 1. The van der Waals surface area contributed by atoms with Gasteiger partial charge in [0.1, 0.15) is 11.9 Å². The molecule has 0 aromatic heterocycles. The summed E-state index contributed by atoms with van der Waals surface area (Å²) in [5.41, 5.74) is 0.497. The molecule has 0 fully saturated rings. The molecule has 94 valence electrons. The summed E-state index contributed by atoms with van der Waals surface area (Å²) in [5.74, 6) is 0.127. The minimum absolute atomic E-state index is 0.213. The summed E-state index contributed by atoms with van der Waals surface area (Å²) in [6, 6.07) is 4.89. The molecular weight excluding hydrogens is 240 g/mol. The van der Waals surface area contributed by atoms with Gasteiger partial charge >= 0.3 is 0 Å². The van der Waals surface area contributed by atoms with Crippen LogP contribution in [0.4, 0.5) is 0 Å². The second kappa shape index (κ2) is 6.03. The molecule has 0 spiro atoms. The van der Waals surface area contributed by atoms with E-state index in [-0.39, 0.29) is 11.7 Å². The Balaban J connectivity index is 2.93. The second-order valence-corrected chi connectivity index (χ2v) is 4.49. The highest BCUT2D eigenvalue weighted by molar-refractivity contribution is 6.32. The molecule has 0 bridgehead atoms. The Labute approximate surface area is 106 Å². The van der Waals surface area contributed by atoms with Crippen molar-refractivity contribution in [3.63, 3.8) is 0 Å². The topological polar surface area (TPSA) is 46.5 Å². The lowest BCUT2D eigenvalue weighted by Crippen LogP contribution is -2.17. The summed E-state index contributed by atoms with van der Waals surface area (Å²) in [7, 11) is 0. The van der Waals surface area contributed by atoms with Crippen LogP contribution < -0.4 is 4.74 Å². The molecule has 0 aliphatic carbocycles. The predicted molar refractivity (Wildman–Crippen MR) is 67.4 cm³/mol. The lowest BCUT2D eigenvalue weighted by atomic mass is 9.98. The maximum Gasteiger partial charge on any atom is 0.168 e. The predicted octanol–water partition coefficient (Wildman–Crippen LogP) is 3.00. The number of rotatable bonds is 5. The van der Waals surface area contributed by atoms with Crippen LogP contribution in [0.3, 0.4) is 0 Å². The maximum absolute atomic E-state index is 11.6. The number of carbonyl (C=O) groups is 1. The number of hydrogen-bond donors (Lipinski definition) is 1. The normalized spacial score (nSPS) is 12.6. The van der Waals surface area contributed by atoms with Crippen molar-refractivity contribution >= 4 is 17.4 Å². The molecule has 0 aliphatic heterocycles. The Morgan fingerprint density at radius 3 is 2.59 bits per heavy atom. The number of carbonyl (C=O) groups excluding carboxylic acids is 1. The molecule has 17 heavy (non-hydrogen) atoms. The molecule has 0 saturated carbocycles. The van der Waals surface area contributed by atoms with Gasteiger partial charge in [0.25, 0.3) is 0 Å². The van der Waals surface area contributed by atoms with Gasteiger partial charge in [-0.2, -0.15) is 0 Å². The largest absolute Gasteiger partial charge is 0.492 e. The number of aliphatic hydroxyl groups is 1. The van der Waals surface area contributed by atoms with Crippen molar-refractivity contribution in [3.8, 4) is 5.75 Å². The average molecular weight is 257 g/mol. The lowest BCUT2D eigenvalue weighted by Gasteiger charge is -2.14. The molecular formula is C13H17ClO3. The number of halogens is 1. The van der Waals surface area contributed by atoms with E-state index in [1.54, 1.807) is 32.0 Å². The van der Waals surface area contributed by atoms with Crippen LogP contribution in [0.25, 0.3) is 0 Å². The zero-order valence-electron chi connectivity index (χ0n) is 10.2. The van der Waals surface area contributed by atoms with Crippen molar-refractivity contribution in [3.05, 3.63) is 28.8 Å². The number of ether oxygens (including phenoxy) is 1. The van der Waals surface area contributed by atoms with Gasteiger partial charge in [-0.3, -0.25) is 4.79 Å². The van der Waals surface area contributed by atoms with Gasteiger partial charge < -0.3 is 9.84 Å². The molecule has 1 atom stereocenters. The summed E-state index contributed by atoms with van der Waals surface area (Å²) in [6.07, 6.45) is -1.12. The van der Waals surface area contributed by atoms with E-state index in [0.717, 1.165) is 0 Å². The minimum Gasteiger partial charge on any atom is -0.492 e. The van der Waals surface area contributed by atoms with Crippen molar-refractivity contribution in [1.82, 2.24) is 0 Å². The summed E-state index contributed by atoms with van der Waals surface area (Å²) < 4.78 is 5.28. The fraction of sp³-hybridized carbons (Fsp3) is 0.462. The first kappa shape index (κ1) is 14.0. The van der Waals surface area contributed by atoms with E-state index in [1.165, 1.54) is 0 Å². The van der Waals surface area contributed by atoms with Crippen molar-refractivity contribution < 1.29 is 14.6 Å². The summed E-state index contributed by atoms with van der Waals surface area (Å²) in [4.78, 5) is 11.6. The fourth-order valence-corrected chi connectivity index (χ4v) is 1.68. The van der Waals surface area contributed by atoms with Crippen LogP contribution in [-0.4, -0.2) is 17.5 Å². The highest BCUT2D eigenvalue weighted by Gasteiger charge is 2.21. The Morgan fingerprint density at radius 2 is 2.12 bits per heavy atom. The molecule has 0 saturated heterocycles. The maximum atomic E-state index is 11.6. The second-order valence-electron chi connectivity index (χ2n) is 4.08. The van der Waals surface area contributed by atoms with Crippen molar-refractivity contribution in [2.45, 2.75) is 26.9 Å². The van der Waals surface area contributed by atoms with Crippen LogP contribution in [0, 0.1) is 5.92 Å². The van der Waals surface area contributed by atoms with Crippen LogP contribution >= 0.6 is 11.6 Å². The van der Waals surface area contributed by atoms with E-state index in [2.05, 4.69) is 0 Å². The molecule has 4 heteroatoms. The first-order valence-corrected chi connectivity index (χ1v) is 5.99. The molecule has 0 heterocycles. The highest BCUT2D eigenvalue weighted by atomic mass is 35.5. The standard InChI is InChI=1S/C13H17ClO3/c1-4-17-11-6-5-9(7-10(11)14)13(16)12(15)8(2)3/h5-8,13,16H,4H2,1-3H3. The van der Waals surface area contributed by atoms with Gasteiger partial charge in [0.15, 0.2) is 5.78 Å². The molecule has 1 aromatic rings. The first-order valence-electron chi connectivity index (χ1n) is 5.61. The van der Waals surface area contributed by atoms with E-state index in [9.17, 15) is 9.90 Å². The van der Waals surface area contributed by atoms with Gasteiger partial charge in [-0.1, -0.05) is 31.5 Å². The molecule has 0 aliphatic rings. The summed E-state index contributed by atoms with van der Waals surface area (Å²) in [5, 5.41) is 10.3. The third kappa shape index (κ3) is 3.45. The quantitative estimate of drug-likeness (QED) is 0.881. The molecule has 0 amide bonds. The Bertz CT molecular complexity index is 402. The number of Topliss-reactive ketones (excluding diaryl/α,β-unsaturated/α-hetero) is 1. The molecule has 1 N–H and O–H groups in total. The Morgan fingerprint density at radius 1 is 1.47 bits per heavy atom. The van der Waals surface area contributed by atoms with Crippen LogP contribution in [0.2, 0.25) is 5.02 Å². The van der Waals surface area contributed by atoms with Gasteiger partial charge in [-0.05, 0) is 24.6 Å². The lowest BCUT2D eigenvalue weighted by molar-refractivity contribution is -0.130. The zero-order valence-corrected chi connectivity index (χ0v) is 11.0. The van der Waals surface area contributed by atoms with E-state index in [1.807, 2.05) is 6.92 Å². The summed E-state index contributed by atoms with van der Waals surface area (Å²) >= 11 is 5.99. The zero-order chi connectivity index (χ0) is 13.0. The monoisotopic (exact) mass is 256 g/mol. The van der Waals surface area contributed by atoms with Gasteiger partial charge in [-0.25, -0.2) is 0 Å². The molecule has 1 aromatic carbocycles. The first-order chi connectivity index (χ1) is 7.97. The van der Waals surface area contributed by atoms with Gasteiger partial charge in [0, 0.05) is 5.92 Å². The molecule has 1 rings (SSSR count). The smallest absolute Gasteiger partial charge is 0.168 e. The third-order valence-corrected chi connectivity index (χ3v) is 2.71. The number of aliphatic hydroxyl groups excluding tert-OH is 1. The van der Waals surface area contributed by atoms with Gasteiger partial charge in [0.05, 0.1) is 11.6 Å². The minimum atomic E-state index is -1.12. The fourth-order valence-electron chi connectivity index (χ4n) is 1.44. The molecule has 0 radical (unpaired) electrons.